The first-order chi connectivity index (χ1) is 14.6. The zero-order valence-corrected chi connectivity index (χ0v) is 17.9. The zero-order chi connectivity index (χ0) is 21.1. The van der Waals surface area contributed by atoms with Crippen molar-refractivity contribution in [3.05, 3.63) is 53.0 Å². The number of likely N-dealkylation sites (tertiary alicyclic amines) is 1. The number of anilines is 1. The van der Waals surface area contributed by atoms with Gasteiger partial charge in [0.1, 0.15) is 11.6 Å². The number of rotatable bonds is 6. The maximum absolute atomic E-state index is 12.7. The Kier molecular flexibility index (Phi) is 6.11. The Labute approximate surface area is 178 Å². The van der Waals surface area contributed by atoms with Gasteiger partial charge in [-0.3, -0.25) is 14.5 Å². The Balaban J connectivity index is 1.50. The Bertz CT molecular complexity index is 928. The summed E-state index contributed by atoms with van der Waals surface area (Å²) in [5, 5.41) is 0. The van der Waals surface area contributed by atoms with E-state index in [9.17, 15) is 9.59 Å². The van der Waals surface area contributed by atoms with E-state index in [4.69, 9.17) is 9.97 Å². The normalized spacial score (nSPS) is 18.6. The fourth-order valence-corrected chi connectivity index (χ4v) is 4.53. The van der Waals surface area contributed by atoms with E-state index in [1.54, 1.807) is 0 Å². The molecule has 1 aromatic carbocycles. The first-order valence-electron chi connectivity index (χ1n) is 11.1. The lowest BCUT2D eigenvalue weighted by atomic mass is 9.96. The topological polar surface area (TPSA) is 66.4 Å². The second-order valence-electron chi connectivity index (χ2n) is 8.31. The van der Waals surface area contributed by atoms with Gasteiger partial charge in [0, 0.05) is 43.2 Å². The lowest BCUT2D eigenvalue weighted by Gasteiger charge is -2.32. The first-order valence-corrected chi connectivity index (χ1v) is 11.1. The molecule has 30 heavy (non-hydrogen) atoms. The molecular formula is C24H30N4O2. The van der Waals surface area contributed by atoms with E-state index < -0.39 is 0 Å². The molecule has 4 rings (SSSR count). The number of piperidine rings is 1. The van der Waals surface area contributed by atoms with Gasteiger partial charge in [0.25, 0.3) is 0 Å². The molecule has 1 atom stereocenters. The zero-order valence-electron chi connectivity index (χ0n) is 17.9. The van der Waals surface area contributed by atoms with Crippen LogP contribution in [0.15, 0.2) is 30.3 Å². The number of nitrogens with zero attached hydrogens (tertiary/aromatic N) is 4. The van der Waals surface area contributed by atoms with Gasteiger partial charge in [-0.1, -0.05) is 37.3 Å². The molecule has 0 saturated carbocycles. The molecule has 0 N–H and O–H groups in total. The molecule has 0 bridgehead atoms. The highest BCUT2D eigenvalue weighted by Gasteiger charge is 2.33. The molecule has 1 aromatic heterocycles. The molecule has 3 heterocycles. The molecule has 2 aliphatic heterocycles. The molecule has 0 aliphatic carbocycles. The maximum Gasteiger partial charge on any atom is 0.232 e. The molecule has 0 spiro atoms. The number of aryl methyl sites for hydroxylation is 2. The molecule has 0 unspecified atom stereocenters. The summed E-state index contributed by atoms with van der Waals surface area (Å²) in [6, 6.07) is 10.4. The van der Waals surface area contributed by atoms with Crippen LogP contribution in [0.1, 0.15) is 61.2 Å². The van der Waals surface area contributed by atoms with Crippen LogP contribution in [-0.4, -0.2) is 46.3 Å². The van der Waals surface area contributed by atoms with Gasteiger partial charge < -0.3 is 4.90 Å². The van der Waals surface area contributed by atoms with E-state index in [2.05, 4.69) is 12.1 Å². The van der Waals surface area contributed by atoms with Crippen molar-refractivity contribution in [1.29, 1.82) is 0 Å². The number of amides is 2. The smallest absolute Gasteiger partial charge is 0.232 e. The van der Waals surface area contributed by atoms with Gasteiger partial charge >= 0.3 is 0 Å². The van der Waals surface area contributed by atoms with Crippen LogP contribution in [0.4, 0.5) is 5.82 Å². The van der Waals surface area contributed by atoms with Crippen LogP contribution in [0.25, 0.3) is 0 Å². The SMILES string of the molecule is CCC(=O)N1CCC[C@H](c2nc(C)c3c(n2)N(CCCc2ccccc2)C(=O)C3)C1. The standard InChI is InChI=1S/C24H30N4O2/c1-3-21(29)27-13-8-12-19(16-27)23-25-17(2)20-15-22(30)28(24(20)26-23)14-7-11-18-9-5-4-6-10-18/h4-6,9-10,19H,3,7-8,11-16H2,1-2H3/t19-/m0/s1. The Morgan fingerprint density at radius 2 is 2.00 bits per heavy atom. The number of hydrogen-bond acceptors (Lipinski definition) is 4. The summed E-state index contributed by atoms with van der Waals surface area (Å²) in [6.07, 6.45) is 4.70. The van der Waals surface area contributed by atoms with Crippen LogP contribution in [-0.2, 0) is 22.4 Å². The van der Waals surface area contributed by atoms with Gasteiger partial charge in [-0.15, -0.1) is 0 Å². The van der Waals surface area contributed by atoms with E-state index in [0.29, 0.717) is 25.9 Å². The van der Waals surface area contributed by atoms with Gasteiger partial charge in [0.05, 0.1) is 6.42 Å². The summed E-state index contributed by atoms with van der Waals surface area (Å²) < 4.78 is 0. The molecule has 2 amide bonds. The van der Waals surface area contributed by atoms with Crippen LogP contribution in [0.5, 0.6) is 0 Å². The lowest BCUT2D eigenvalue weighted by Crippen LogP contribution is -2.39. The fourth-order valence-electron chi connectivity index (χ4n) is 4.53. The number of fused-ring (bicyclic) bond motifs is 1. The largest absolute Gasteiger partial charge is 0.342 e. The monoisotopic (exact) mass is 406 g/mol. The number of benzene rings is 1. The summed E-state index contributed by atoms with van der Waals surface area (Å²) in [5.41, 5.74) is 3.14. The van der Waals surface area contributed by atoms with Crippen molar-refractivity contribution < 1.29 is 9.59 Å². The minimum atomic E-state index is 0.110. The Morgan fingerprint density at radius 1 is 1.20 bits per heavy atom. The summed E-state index contributed by atoms with van der Waals surface area (Å²) >= 11 is 0. The van der Waals surface area contributed by atoms with E-state index in [1.165, 1.54) is 5.56 Å². The second-order valence-corrected chi connectivity index (χ2v) is 8.31. The van der Waals surface area contributed by atoms with Crippen molar-refractivity contribution >= 4 is 17.6 Å². The van der Waals surface area contributed by atoms with E-state index in [-0.39, 0.29) is 17.7 Å². The van der Waals surface area contributed by atoms with Crippen molar-refractivity contribution in [2.75, 3.05) is 24.5 Å². The maximum atomic E-state index is 12.7. The van der Waals surface area contributed by atoms with E-state index >= 15 is 0 Å². The summed E-state index contributed by atoms with van der Waals surface area (Å²) in [6.45, 7) is 6.04. The summed E-state index contributed by atoms with van der Waals surface area (Å²) in [4.78, 5) is 38.3. The minimum Gasteiger partial charge on any atom is -0.342 e. The number of hydrogen-bond donors (Lipinski definition) is 0. The first kappa shape index (κ1) is 20.5. The summed E-state index contributed by atoms with van der Waals surface area (Å²) in [7, 11) is 0. The fraction of sp³-hybridized carbons (Fsp3) is 0.500. The molecule has 6 nitrogen and oxygen atoms in total. The molecule has 2 aromatic rings. The van der Waals surface area contributed by atoms with Crippen LogP contribution >= 0.6 is 0 Å². The molecule has 1 fully saturated rings. The molecular weight excluding hydrogens is 376 g/mol. The van der Waals surface area contributed by atoms with Crippen LogP contribution < -0.4 is 4.90 Å². The average molecular weight is 407 g/mol. The third-order valence-corrected chi connectivity index (χ3v) is 6.23. The third-order valence-electron chi connectivity index (χ3n) is 6.23. The van der Waals surface area contributed by atoms with Gasteiger partial charge in [-0.25, -0.2) is 9.97 Å². The van der Waals surface area contributed by atoms with Gasteiger partial charge in [0.2, 0.25) is 11.8 Å². The molecule has 0 radical (unpaired) electrons. The van der Waals surface area contributed by atoms with Crippen molar-refractivity contribution in [3.63, 3.8) is 0 Å². The van der Waals surface area contributed by atoms with Gasteiger partial charge in [0.15, 0.2) is 0 Å². The summed E-state index contributed by atoms with van der Waals surface area (Å²) in [5.74, 6) is 2.01. The predicted molar refractivity (Wildman–Crippen MR) is 116 cm³/mol. The van der Waals surface area contributed by atoms with E-state index in [1.807, 2.05) is 41.8 Å². The highest BCUT2D eigenvalue weighted by atomic mass is 16.2. The average Bonchev–Trinajstić information content (AvgIpc) is 3.10. The van der Waals surface area contributed by atoms with Crippen molar-refractivity contribution in [2.45, 2.75) is 58.3 Å². The highest BCUT2D eigenvalue weighted by molar-refractivity contribution is 6.00. The van der Waals surface area contributed by atoms with Crippen molar-refractivity contribution in [1.82, 2.24) is 14.9 Å². The van der Waals surface area contributed by atoms with Gasteiger partial charge in [-0.2, -0.15) is 0 Å². The highest BCUT2D eigenvalue weighted by Crippen LogP contribution is 2.33. The number of aromatic nitrogens is 2. The predicted octanol–water partition coefficient (Wildman–Crippen LogP) is 3.42. The van der Waals surface area contributed by atoms with Gasteiger partial charge in [-0.05, 0) is 38.2 Å². The quantitative estimate of drug-likeness (QED) is 0.737. The van der Waals surface area contributed by atoms with Crippen molar-refractivity contribution in [3.8, 4) is 0 Å². The van der Waals surface area contributed by atoms with E-state index in [0.717, 1.165) is 55.1 Å². The molecule has 1 saturated heterocycles. The number of carbonyl (C=O) groups is 2. The Morgan fingerprint density at radius 3 is 2.77 bits per heavy atom. The molecule has 158 valence electrons. The van der Waals surface area contributed by atoms with Crippen LogP contribution in [0.3, 0.4) is 0 Å². The third kappa shape index (κ3) is 4.23. The lowest BCUT2D eigenvalue weighted by molar-refractivity contribution is -0.132. The van der Waals surface area contributed by atoms with Crippen LogP contribution in [0, 0.1) is 6.92 Å². The van der Waals surface area contributed by atoms with Crippen molar-refractivity contribution in [2.24, 2.45) is 0 Å². The Hall–Kier alpha value is -2.76. The molecule has 2 aliphatic rings. The van der Waals surface area contributed by atoms with Crippen LogP contribution in [0.2, 0.25) is 0 Å². The molecule has 6 heteroatoms. The second kappa shape index (κ2) is 8.94. The minimum absolute atomic E-state index is 0.110. The number of carbonyl (C=O) groups excluding carboxylic acids is 2.